The number of rotatable bonds is 14. The summed E-state index contributed by atoms with van der Waals surface area (Å²) in [4.78, 5) is 0. The summed E-state index contributed by atoms with van der Waals surface area (Å²) in [5, 5.41) is 4.48. The third-order valence-corrected chi connectivity index (χ3v) is 11.3. The third kappa shape index (κ3) is 7.14. The Labute approximate surface area is 212 Å². The van der Waals surface area contributed by atoms with E-state index >= 15 is 0 Å². The van der Waals surface area contributed by atoms with Crippen LogP contribution in [0, 0.1) is 0 Å². The van der Waals surface area contributed by atoms with E-state index in [4.69, 9.17) is 4.74 Å². The molecular weight excluding hydrogens is 443 g/mol. The van der Waals surface area contributed by atoms with Gasteiger partial charge in [-0.15, -0.1) is 0 Å². The number of ether oxygens (including phenoxy) is 1. The Hall–Kier alpha value is -2.73. The number of unbranched alkanes of at least 4 members (excludes halogenated alkanes) is 5. The first-order valence-corrected chi connectivity index (χ1v) is 15.0. The normalized spacial score (nSPS) is 11.4. The molecule has 0 fully saturated rings. The van der Waals surface area contributed by atoms with E-state index in [0.717, 1.165) is 19.6 Å². The highest BCUT2D eigenvalue weighted by atomic mass is 31.2. The molecule has 2 heteroatoms. The average molecular weight is 482 g/mol. The summed E-state index contributed by atoms with van der Waals surface area (Å²) in [7, 11) is -1.67. The number of hydrogen-bond acceptors (Lipinski definition) is 1. The van der Waals surface area contributed by atoms with Gasteiger partial charge in [0.1, 0.15) is 23.2 Å². The monoisotopic (exact) mass is 481 g/mol. The fourth-order valence-electron chi connectivity index (χ4n) is 4.91. The van der Waals surface area contributed by atoms with Crippen molar-refractivity contribution in [1.29, 1.82) is 0 Å². The molecule has 0 atom stereocenters. The first-order chi connectivity index (χ1) is 17.4. The van der Waals surface area contributed by atoms with Crippen molar-refractivity contribution in [2.45, 2.75) is 45.1 Å². The predicted octanol–water partition coefficient (Wildman–Crippen LogP) is 7.54. The summed E-state index contributed by atoms with van der Waals surface area (Å²) < 4.78 is 5.84. The summed E-state index contributed by atoms with van der Waals surface area (Å²) in [6.45, 7) is 1.59. The smallest absolute Gasteiger partial charge is 0.112 e. The van der Waals surface area contributed by atoms with E-state index in [2.05, 4.69) is 121 Å². The lowest BCUT2D eigenvalue weighted by molar-refractivity contribution is 0.116. The van der Waals surface area contributed by atoms with Gasteiger partial charge in [-0.3, -0.25) is 0 Å². The molecule has 4 rings (SSSR count). The van der Waals surface area contributed by atoms with Crippen molar-refractivity contribution >= 4 is 23.2 Å². The highest BCUT2D eigenvalue weighted by molar-refractivity contribution is 7.95. The van der Waals surface area contributed by atoms with Crippen molar-refractivity contribution in [3.63, 3.8) is 0 Å². The predicted molar refractivity (Wildman–Crippen MR) is 154 cm³/mol. The Bertz CT molecular complexity index is 984. The van der Waals surface area contributed by atoms with Gasteiger partial charge in [0.05, 0.1) is 12.8 Å². The lowest BCUT2D eigenvalue weighted by Gasteiger charge is -2.27. The van der Waals surface area contributed by atoms with E-state index in [1.165, 1.54) is 59.7 Å². The standard InChI is InChI=1S/C33H38OP/c1(3-17-27-34-29-30-19-9-5-10-20-30)2-4-18-28-35(31-21-11-6-12-22-31,32-23-13-7-14-24-32)33-25-15-8-16-26-33/h5-16,19-26H,1-4,17-18,27-29H2/q+1. The molecule has 0 saturated heterocycles. The van der Waals surface area contributed by atoms with Gasteiger partial charge in [-0.2, -0.15) is 0 Å². The van der Waals surface area contributed by atoms with Gasteiger partial charge in [0.25, 0.3) is 0 Å². The first-order valence-electron chi connectivity index (χ1n) is 13.1. The van der Waals surface area contributed by atoms with Crippen LogP contribution in [0.3, 0.4) is 0 Å². The lowest BCUT2D eigenvalue weighted by atomic mass is 10.1. The van der Waals surface area contributed by atoms with Crippen molar-refractivity contribution in [2.75, 3.05) is 12.8 Å². The highest BCUT2D eigenvalue weighted by Crippen LogP contribution is 2.55. The molecule has 0 aliphatic heterocycles. The molecule has 0 aliphatic carbocycles. The zero-order valence-corrected chi connectivity index (χ0v) is 21.7. The third-order valence-electron chi connectivity index (χ3n) is 6.73. The second-order valence-corrected chi connectivity index (χ2v) is 12.8. The molecule has 0 amide bonds. The minimum absolute atomic E-state index is 0.727. The minimum Gasteiger partial charge on any atom is -0.377 e. The summed E-state index contributed by atoms with van der Waals surface area (Å²) in [5.74, 6) is 0. The zero-order valence-electron chi connectivity index (χ0n) is 20.8. The van der Waals surface area contributed by atoms with E-state index in [1.807, 2.05) is 0 Å². The average Bonchev–Trinajstić information content (AvgIpc) is 2.94. The Kier molecular flexibility index (Phi) is 10.1. The van der Waals surface area contributed by atoms with Crippen LogP contribution in [-0.2, 0) is 11.3 Å². The molecule has 0 saturated carbocycles. The number of benzene rings is 4. The van der Waals surface area contributed by atoms with Gasteiger partial charge in [-0.05, 0) is 61.2 Å². The van der Waals surface area contributed by atoms with Gasteiger partial charge < -0.3 is 4.74 Å². The van der Waals surface area contributed by atoms with Gasteiger partial charge in [0, 0.05) is 6.61 Å². The Morgan fingerprint density at radius 2 is 0.829 bits per heavy atom. The molecule has 4 aromatic rings. The molecule has 1 nitrogen and oxygen atoms in total. The van der Waals surface area contributed by atoms with Crippen molar-refractivity contribution < 1.29 is 4.74 Å². The van der Waals surface area contributed by atoms with Gasteiger partial charge >= 0.3 is 0 Å². The summed E-state index contributed by atoms with van der Waals surface area (Å²) in [6, 6.07) is 44.2. The Balaban J connectivity index is 1.31. The van der Waals surface area contributed by atoms with Crippen LogP contribution in [0.4, 0.5) is 0 Å². The summed E-state index contributed by atoms with van der Waals surface area (Å²) in [5.41, 5.74) is 1.26. The van der Waals surface area contributed by atoms with E-state index in [0.29, 0.717) is 0 Å². The zero-order chi connectivity index (χ0) is 24.0. The van der Waals surface area contributed by atoms with E-state index in [1.54, 1.807) is 0 Å². The molecule has 0 heterocycles. The van der Waals surface area contributed by atoms with Crippen molar-refractivity contribution in [2.24, 2.45) is 0 Å². The van der Waals surface area contributed by atoms with Crippen LogP contribution in [0.1, 0.15) is 44.1 Å². The van der Waals surface area contributed by atoms with Crippen molar-refractivity contribution in [3.8, 4) is 0 Å². The van der Waals surface area contributed by atoms with Crippen LogP contribution >= 0.6 is 7.26 Å². The molecule has 0 unspecified atom stereocenters. The maximum absolute atomic E-state index is 5.84. The lowest BCUT2D eigenvalue weighted by Crippen LogP contribution is -2.33. The second-order valence-electron chi connectivity index (χ2n) is 9.20. The summed E-state index contributed by atoms with van der Waals surface area (Å²) in [6.07, 6.45) is 8.79. The molecule has 0 spiro atoms. The molecule has 0 aromatic heterocycles. The van der Waals surface area contributed by atoms with Gasteiger partial charge in [-0.25, -0.2) is 0 Å². The fraction of sp³-hybridized carbons (Fsp3) is 0.273. The number of hydrogen-bond donors (Lipinski definition) is 0. The van der Waals surface area contributed by atoms with E-state index in [9.17, 15) is 0 Å². The second kappa shape index (κ2) is 14.0. The van der Waals surface area contributed by atoms with Crippen LogP contribution in [0.25, 0.3) is 0 Å². The van der Waals surface area contributed by atoms with Gasteiger partial charge in [0.2, 0.25) is 0 Å². The van der Waals surface area contributed by atoms with Crippen molar-refractivity contribution in [3.05, 3.63) is 127 Å². The van der Waals surface area contributed by atoms with Crippen LogP contribution in [0.5, 0.6) is 0 Å². The van der Waals surface area contributed by atoms with Crippen molar-refractivity contribution in [1.82, 2.24) is 0 Å². The Morgan fingerprint density at radius 3 is 1.31 bits per heavy atom. The van der Waals surface area contributed by atoms with Crippen LogP contribution in [0.2, 0.25) is 0 Å². The fourth-order valence-corrected chi connectivity index (χ4v) is 9.32. The SMILES string of the molecule is c1ccc(COCCCCCCCC[P+](c2ccccc2)(c2ccccc2)c2ccccc2)cc1. The molecule has 0 N–H and O–H groups in total. The van der Waals surface area contributed by atoms with Gasteiger partial charge in [0.15, 0.2) is 0 Å². The molecule has 180 valence electrons. The van der Waals surface area contributed by atoms with Crippen LogP contribution in [0.15, 0.2) is 121 Å². The molecule has 0 aliphatic rings. The highest BCUT2D eigenvalue weighted by Gasteiger charge is 2.44. The quantitative estimate of drug-likeness (QED) is 0.134. The molecule has 0 radical (unpaired) electrons. The summed E-state index contributed by atoms with van der Waals surface area (Å²) >= 11 is 0. The maximum Gasteiger partial charge on any atom is 0.112 e. The van der Waals surface area contributed by atoms with E-state index in [-0.39, 0.29) is 0 Å². The van der Waals surface area contributed by atoms with Crippen LogP contribution < -0.4 is 15.9 Å². The maximum atomic E-state index is 5.84. The first kappa shape index (κ1) is 25.4. The van der Waals surface area contributed by atoms with Crippen LogP contribution in [-0.4, -0.2) is 12.8 Å². The molecule has 0 bridgehead atoms. The van der Waals surface area contributed by atoms with Gasteiger partial charge in [-0.1, -0.05) is 104 Å². The largest absolute Gasteiger partial charge is 0.377 e. The Morgan fingerprint density at radius 1 is 0.429 bits per heavy atom. The molecule has 35 heavy (non-hydrogen) atoms. The minimum atomic E-state index is -1.67. The molecule has 4 aromatic carbocycles. The topological polar surface area (TPSA) is 9.23 Å². The van der Waals surface area contributed by atoms with E-state index < -0.39 is 7.26 Å². The molecular formula is C33H38OP+.